The normalized spacial score (nSPS) is 19.9. The summed E-state index contributed by atoms with van der Waals surface area (Å²) in [6, 6.07) is 4.10. The second kappa shape index (κ2) is 8.22. The molecule has 2 amide bonds. The Kier molecular flexibility index (Phi) is 5.96. The Morgan fingerprint density at radius 3 is 3.04 bits per heavy atom. The molecule has 1 unspecified atom stereocenters. The molecule has 1 N–H and O–H groups in total. The van der Waals surface area contributed by atoms with Crippen molar-refractivity contribution >= 4 is 23.3 Å². The second-order valence-electron chi connectivity index (χ2n) is 6.72. The number of ether oxygens (including phenoxy) is 1. The summed E-state index contributed by atoms with van der Waals surface area (Å²) >= 11 is 5.79. The fourth-order valence-electron chi connectivity index (χ4n) is 3.41. The third-order valence-corrected chi connectivity index (χ3v) is 5.14. The highest BCUT2D eigenvalue weighted by atomic mass is 35.5. The molecule has 0 spiro atoms. The lowest BCUT2D eigenvalue weighted by atomic mass is 9.76. The van der Waals surface area contributed by atoms with Crippen LogP contribution in [0, 0.1) is 12.7 Å². The van der Waals surface area contributed by atoms with E-state index in [1.807, 2.05) is 0 Å². The molecular weight excluding hydrogens is 375 g/mol. The van der Waals surface area contributed by atoms with Crippen molar-refractivity contribution in [2.24, 2.45) is 0 Å². The van der Waals surface area contributed by atoms with E-state index in [0.29, 0.717) is 37.8 Å². The SMILES string of the molecule is COCCC1(c2noc(C)n2)CCCN(C(=O)Nc2cccc(Cl)c2F)C1. The average Bonchev–Trinajstić information content (AvgIpc) is 3.11. The van der Waals surface area contributed by atoms with E-state index in [1.54, 1.807) is 25.0 Å². The number of carbonyl (C=O) groups excluding carboxylic acids is 1. The molecule has 1 aliphatic heterocycles. The first-order valence-electron chi connectivity index (χ1n) is 8.75. The summed E-state index contributed by atoms with van der Waals surface area (Å²) in [5, 5.41) is 6.66. The zero-order chi connectivity index (χ0) is 19.4. The smallest absolute Gasteiger partial charge is 0.321 e. The molecule has 9 heteroatoms. The summed E-state index contributed by atoms with van der Waals surface area (Å²) < 4.78 is 24.5. The molecule has 3 rings (SSSR count). The van der Waals surface area contributed by atoms with Gasteiger partial charge in [-0.1, -0.05) is 22.8 Å². The number of nitrogens with one attached hydrogen (secondary N) is 1. The first-order chi connectivity index (χ1) is 12.9. The molecule has 27 heavy (non-hydrogen) atoms. The molecule has 0 radical (unpaired) electrons. The van der Waals surface area contributed by atoms with Crippen LogP contribution in [-0.2, 0) is 10.2 Å². The van der Waals surface area contributed by atoms with Crippen LogP contribution in [0.15, 0.2) is 22.7 Å². The molecule has 2 heterocycles. The van der Waals surface area contributed by atoms with Crippen LogP contribution in [0.5, 0.6) is 0 Å². The summed E-state index contributed by atoms with van der Waals surface area (Å²) in [6.07, 6.45) is 2.23. The van der Waals surface area contributed by atoms with Crippen molar-refractivity contribution in [3.05, 3.63) is 40.8 Å². The van der Waals surface area contributed by atoms with Gasteiger partial charge in [-0.2, -0.15) is 4.98 Å². The van der Waals surface area contributed by atoms with E-state index >= 15 is 0 Å². The van der Waals surface area contributed by atoms with Crippen LogP contribution in [0.4, 0.5) is 14.9 Å². The maximum absolute atomic E-state index is 14.1. The van der Waals surface area contributed by atoms with Gasteiger partial charge in [0, 0.05) is 33.7 Å². The van der Waals surface area contributed by atoms with Crippen LogP contribution in [0.1, 0.15) is 31.0 Å². The van der Waals surface area contributed by atoms with E-state index < -0.39 is 17.3 Å². The molecule has 0 saturated carbocycles. The molecule has 1 aromatic heterocycles. The maximum atomic E-state index is 14.1. The largest absolute Gasteiger partial charge is 0.385 e. The van der Waals surface area contributed by atoms with Crippen molar-refractivity contribution in [3.63, 3.8) is 0 Å². The van der Waals surface area contributed by atoms with Gasteiger partial charge in [0.25, 0.3) is 0 Å². The van der Waals surface area contributed by atoms with Gasteiger partial charge in [-0.05, 0) is 31.4 Å². The summed E-state index contributed by atoms with van der Waals surface area (Å²) in [5.41, 5.74) is -0.410. The monoisotopic (exact) mass is 396 g/mol. The topological polar surface area (TPSA) is 80.5 Å². The maximum Gasteiger partial charge on any atom is 0.321 e. The quantitative estimate of drug-likeness (QED) is 0.832. The lowest BCUT2D eigenvalue weighted by Crippen LogP contribution is -2.50. The fraction of sp³-hybridized carbons (Fsp3) is 0.500. The minimum Gasteiger partial charge on any atom is -0.385 e. The van der Waals surface area contributed by atoms with Crippen LogP contribution < -0.4 is 5.32 Å². The van der Waals surface area contributed by atoms with Gasteiger partial charge in [-0.25, -0.2) is 9.18 Å². The number of hydrogen-bond acceptors (Lipinski definition) is 5. The summed E-state index contributed by atoms with van der Waals surface area (Å²) in [6.45, 7) is 3.19. The predicted molar refractivity (Wildman–Crippen MR) is 98.4 cm³/mol. The zero-order valence-corrected chi connectivity index (χ0v) is 16.1. The fourth-order valence-corrected chi connectivity index (χ4v) is 3.58. The van der Waals surface area contributed by atoms with Crippen LogP contribution in [0.25, 0.3) is 0 Å². The Hall–Kier alpha value is -2.19. The van der Waals surface area contributed by atoms with E-state index in [4.69, 9.17) is 20.9 Å². The number of carbonyl (C=O) groups is 1. The van der Waals surface area contributed by atoms with E-state index in [-0.39, 0.29) is 10.7 Å². The van der Waals surface area contributed by atoms with Crippen LogP contribution in [0.2, 0.25) is 5.02 Å². The highest BCUT2D eigenvalue weighted by Gasteiger charge is 2.42. The van der Waals surface area contributed by atoms with Gasteiger partial charge in [-0.15, -0.1) is 0 Å². The number of nitrogens with zero attached hydrogens (tertiary/aromatic N) is 3. The van der Waals surface area contributed by atoms with Crippen molar-refractivity contribution in [2.45, 2.75) is 31.6 Å². The van der Waals surface area contributed by atoms with Crippen molar-refractivity contribution in [1.29, 1.82) is 0 Å². The number of aryl methyl sites for hydroxylation is 1. The third kappa shape index (κ3) is 4.22. The first-order valence-corrected chi connectivity index (χ1v) is 9.13. The molecule has 0 aliphatic carbocycles. The molecule has 1 aromatic carbocycles. The zero-order valence-electron chi connectivity index (χ0n) is 15.3. The Morgan fingerprint density at radius 1 is 1.52 bits per heavy atom. The van der Waals surface area contributed by atoms with E-state index in [2.05, 4.69) is 15.5 Å². The Balaban J connectivity index is 1.80. The van der Waals surface area contributed by atoms with Gasteiger partial charge in [0.15, 0.2) is 11.6 Å². The third-order valence-electron chi connectivity index (χ3n) is 4.84. The van der Waals surface area contributed by atoms with E-state index in [0.717, 1.165) is 12.8 Å². The Bertz CT molecular complexity index is 816. The second-order valence-corrected chi connectivity index (χ2v) is 7.12. The van der Waals surface area contributed by atoms with Gasteiger partial charge in [0.1, 0.15) is 0 Å². The van der Waals surface area contributed by atoms with E-state index in [9.17, 15) is 9.18 Å². The lowest BCUT2D eigenvalue weighted by molar-refractivity contribution is 0.111. The summed E-state index contributed by atoms with van der Waals surface area (Å²) in [4.78, 5) is 18.8. The number of amides is 2. The van der Waals surface area contributed by atoms with Crippen molar-refractivity contribution in [2.75, 3.05) is 32.1 Å². The number of likely N-dealkylation sites (tertiary alicyclic amines) is 1. The number of piperidine rings is 1. The first kappa shape index (κ1) is 19.6. The van der Waals surface area contributed by atoms with Gasteiger partial charge in [0.2, 0.25) is 5.89 Å². The molecular formula is C18H22ClFN4O3. The number of anilines is 1. The Morgan fingerprint density at radius 2 is 2.33 bits per heavy atom. The molecule has 1 aliphatic rings. The average molecular weight is 397 g/mol. The Labute approximate surface area is 161 Å². The van der Waals surface area contributed by atoms with Gasteiger partial charge >= 0.3 is 6.03 Å². The lowest BCUT2D eigenvalue weighted by Gasteiger charge is -2.40. The minimum absolute atomic E-state index is 0.0387. The van der Waals surface area contributed by atoms with Crippen molar-refractivity contribution < 1.29 is 18.4 Å². The standard InChI is InChI=1S/C18H22ClFN4O3/c1-12-21-16(23-27-12)18(8-10-26-2)7-4-9-24(11-18)17(25)22-14-6-3-5-13(19)15(14)20/h3,5-6H,4,7-11H2,1-2H3,(H,22,25). The highest BCUT2D eigenvalue weighted by molar-refractivity contribution is 6.31. The van der Waals surface area contributed by atoms with Crippen LogP contribution >= 0.6 is 11.6 Å². The van der Waals surface area contributed by atoms with Crippen LogP contribution in [-0.4, -0.2) is 47.9 Å². The van der Waals surface area contributed by atoms with E-state index in [1.165, 1.54) is 12.1 Å². The highest BCUT2D eigenvalue weighted by Crippen LogP contribution is 2.36. The molecule has 0 bridgehead atoms. The number of benzene rings is 1. The van der Waals surface area contributed by atoms with Crippen LogP contribution in [0.3, 0.4) is 0 Å². The number of rotatable bonds is 5. The minimum atomic E-state index is -0.649. The van der Waals surface area contributed by atoms with Crippen molar-refractivity contribution in [1.82, 2.24) is 15.0 Å². The predicted octanol–water partition coefficient (Wildman–Crippen LogP) is 3.77. The molecule has 7 nitrogen and oxygen atoms in total. The summed E-state index contributed by atoms with van der Waals surface area (Å²) in [5.74, 6) is 0.400. The molecule has 1 atom stereocenters. The summed E-state index contributed by atoms with van der Waals surface area (Å²) in [7, 11) is 1.63. The number of halogens is 2. The molecule has 2 aromatic rings. The molecule has 1 saturated heterocycles. The number of aromatic nitrogens is 2. The van der Waals surface area contributed by atoms with Gasteiger partial charge < -0.3 is 19.5 Å². The van der Waals surface area contributed by atoms with Gasteiger partial charge in [0.05, 0.1) is 16.1 Å². The number of methoxy groups -OCH3 is 1. The van der Waals surface area contributed by atoms with Crippen molar-refractivity contribution in [3.8, 4) is 0 Å². The molecule has 146 valence electrons. The number of urea groups is 1. The molecule has 1 fully saturated rings. The van der Waals surface area contributed by atoms with Gasteiger partial charge in [-0.3, -0.25) is 0 Å². The number of hydrogen-bond donors (Lipinski definition) is 1.